The maximum Gasteiger partial charge on any atom is 0.162 e. The minimum Gasteiger partial charge on any atom is -0.492 e. The van der Waals surface area contributed by atoms with Crippen molar-refractivity contribution in [3.63, 3.8) is 0 Å². The molecular formula is C27H27N3O. The van der Waals surface area contributed by atoms with Crippen molar-refractivity contribution in [1.29, 1.82) is 0 Å². The van der Waals surface area contributed by atoms with Gasteiger partial charge in [-0.25, -0.2) is 9.97 Å². The molecule has 0 atom stereocenters. The molecule has 0 fully saturated rings. The van der Waals surface area contributed by atoms with Gasteiger partial charge in [-0.15, -0.1) is 0 Å². The van der Waals surface area contributed by atoms with Crippen molar-refractivity contribution < 1.29 is 4.74 Å². The molecule has 0 unspecified atom stereocenters. The third kappa shape index (κ3) is 4.24. The number of fused-ring (bicyclic) bond motifs is 2. The third-order valence-electron chi connectivity index (χ3n) is 5.99. The minimum absolute atomic E-state index is 0.590. The summed E-state index contributed by atoms with van der Waals surface area (Å²) < 4.78 is 5.90. The average molecular weight is 410 g/mol. The van der Waals surface area contributed by atoms with Crippen LogP contribution in [0.25, 0.3) is 22.3 Å². The summed E-state index contributed by atoms with van der Waals surface area (Å²) in [6.45, 7) is 1.33. The summed E-state index contributed by atoms with van der Waals surface area (Å²) >= 11 is 0. The second-order valence-electron chi connectivity index (χ2n) is 8.16. The lowest BCUT2D eigenvalue weighted by Gasteiger charge is -2.21. The predicted octanol–water partition coefficient (Wildman–Crippen LogP) is 5.69. The Hall–Kier alpha value is -3.40. The molecular weight excluding hydrogens is 382 g/mol. The average Bonchev–Trinajstić information content (AvgIpc) is 2.83. The lowest BCUT2D eigenvalue weighted by Crippen LogP contribution is -2.25. The number of anilines is 1. The van der Waals surface area contributed by atoms with Crippen LogP contribution in [-0.2, 0) is 12.8 Å². The highest BCUT2D eigenvalue weighted by molar-refractivity contribution is 5.91. The van der Waals surface area contributed by atoms with Crippen LogP contribution < -0.4 is 9.64 Å². The Morgan fingerprint density at radius 2 is 1.61 bits per heavy atom. The summed E-state index contributed by atoms with van der Waals surface area (Å²) in [7, 11) is 2.07. The van der Waals surface area contributed by atoms with E-state index in [4.69, 9.17) is 14.7 Å². The van der Waals surface area contributed by atoms with Crippen molar-refractivity contribution in [3.8, 4) is 17.1 Å². The Morgan fingerprint density at radius 3 is 2.48 bits per heavy atom. The quantitative estimate of drug-likeness (QED) is 0.410. The molecule has 5 rings (SSSR count). The van der Waals surface area contributed by atoms with Crippen LogP contribution in [0.5, 0.6) is 5.75 Å². The number of hydrogen-bond donors (Lipinski definition) is 0. The van der Waals surface area contributed by atoms with Crippen LogP contribution in [-0.4, -0.2) is 30.2 Å². The van der Waals surface area contributed by atoms with Crippen molar-refractivity contribution in [2.75, 3.05) is 25.1 Å². The van der Waals surface area contributed by atoms with Gasteiger partial charge in [0.05, 0.1) is 12.1 Å². The van der Waals surface area contributed by atoms with E-state index in [0.717, 1.165) is 46.8 Å². The summed E-state index contributed by atoms with van der Waals surface area (Å²) in [6, 6.07) is 24.9. The first-order chi connectivity index (χ1) is 15.3. The van der Waals surface area contributed by atoms with E-state index < -0.39 is 0 Å². The molecule has 31 heavy (non-hydrogen) atoms. The summed E-state index contributed by atoms with van der Waals surface area (Å²) in [4.78, 5) is 12.1. The van der Waals surface area contributed by atoms with Crippen molar-refractivity contribution in [1.82, 2.24) is 9.97 Å². The normalized spacial score (nSPS) is 13.1. The number of aromatic nitrogens is 2. The van der Waals surface area contributed by atoms with Crippen molar-refractivity contribution in [3.05, 3.63) is 83.9 Å². The van der Waals surface area contributed by atoms with Gasteiger partial charge in [0.1, 0.15) is 18.2 Å². The van der Waals surface area contributed by atoms with Crippen LogP contribution in [0.15, 0.2) is 72.8 Å². The molecule has 1 aliphatic carbocycles. The third-order valence-corrected chi connectivity index (χ3v) is 5.99. The van der Waals surface area contributed by atoms with Gasteiger partial charge in [0, 0.05) is 18.0 Å². The first-order valence-electron chi connectivity index (χ1n) is 11.1. The number of likely N-dealkylation sites (N-methyl/N-ethyl adjacent to an activating group) is 1. The van der Waals surface area contributed by atoms with Crippen LogP contribution >= 0.6 is 0 Å². The number of nitrogens with zero attached hydrogens (tertiary/aromatic N) is 3. The van der Waals surface area contributed by atoms with Crippen molar-refractivity contribution in [2.45, 2.75) is 25.7 Å². The van der Waals surface area contributed by atoms with Gasteiger partial charge in [0.25, 0.3) is 0 Å². The smallest absolute Gasteiger partial charge is 0.162 e. The van der Waals surface area contributed by atoms with Crippen molar-refractivity contribution >= 4 is 16.7 Å². The van der Waals surface area contributed by atoms with E-state index in [1.165, 1.54) is 30.4 Å². The number of benzene rings is 3. The molecule has 156 valence electrons. The molecule has 4 heteroatoms. The zero-order valence-corrected chi connectivity index (χ0v) is 17.9. The molecule has 0 N–H and O–H groups in total. The second-order valence-corrected chi connectivity index (χ2v) is 8.16. The molecule has 0 radical (unpaired) electrons. The highest BCUT2D eigenvalue weighted by Gasteiger charge is 2.15. The van der Waals surface area contributed by atoms with Gasteiger partial charge in [-0.3, -0.25) is 0 Å². The van der Waals surface area contributed by atoms with Crippen LogP contribution in [0, 0.1) is 0 Å². The zero-order chi connectivity index (χ0) is 21.0. The topological polar surface area (TPSA) is 38.2 Å². The molecule has 0 spiro atoms. The molecule has 4 aromatic rings. The highest BCUT2D eigenvalue weighted by Crippen LogP contribution is 2.30. The predicted molar refractivity (Wildman–Crippen MR) is 127 cm³/mol. The fourth-order valence-corrected chi connectivity index (χ4v) is 4.28. The molecule has 0 amide bonds. The molecule has 1 aromatic heterocycles. The molecule has 1 aliphatic rings. The maximum absolute atomic E-state index is 5.90. The lowest BCUT2D eigenvalue weighted by atomic mass is 9.90. The van der Waals surface area contributed by atoms with Gasteiger partial charge >= 0.3 is 0 Å². The summed E-state index contributed by atoms with van der Waals surface area (Å²) in [6.07, 6.45) is 4.90. The molecule has 4 nitrogen and oxygen atoms in total. The molecule has 0 aliphatic heterocycles. The van der Waals surface area contributed by atoms with Crippen LogP contribution in [0.4, 0.5) is 5.82 Å². The summed E-state index contributed by atoms with van der Waals surface area (Å²) in [5, 5.41) is 1.06. The van der Waals surface area contributed by atoms with Crippen LogP contribution in [0.1, 0.15) is 24.0 Å². The largest absolute Gasteiger partial charge is 0.492 e. The van der Waals surface area contributed by atoms with Gasteiger partial charge in [-0.05, 0) is 67.1 Å². The van der Waals surface area contributed by atoms with Gasteiger partial charge in [-0.1, -0.05) is 42.5 Å². The molecule has 0 saturated heterocycles. The Kier molecular flexibility index (Phi) is 5.53. The fourth-order valence-electron chi connectivity index (χ4n) is 4.28. The molecule has 0 saturated carbocycles. The summed E-state index contributed by atoms with van der Waals surface area (Å²) in [5.74, 6) is 2.62. The number of para-hydroxylation sites is 2. The first kappa shape index (κ1) is 19.6. The van der Waals surface area contributed by atoms with E-state index in [1.807, 2.05) is 42.5 Å². The zero-order valence-electron chi connectivity index (χ0n) is 17.9. The summed E-state index contributed by atoms with van der Waals surface area (Å²) in [5.41, 5.74) is 5.00. The van der Waals surface area contributed by atoms with Gasteiger partial charge in [0.15, 0.2) is 5.82 Å². The Bertz CT molecular complexity index is 1190. The highest BCUT2D eigenvalue weighted by atomic mass is 16.5. The second kappa shape index (κ2) is 8.76. The molecule has 1 heterocycles. The molecule has 3 aromatic carbocycles. The van der Waals surface area contributed by atoms with E-state index in [2.05, 4.69) is 42.3 Å². The van der Waals surface area contributed by atoms with Gasteiger partial charge in [-0.2, -0.15) is 0 Å². The Labute approximate surface area is 183 Å². The Balaban J connectivity index is 1.44. The van der Waals surface area contributed by atoms with Gasteiger partial charge < -0.3 is 9.64 Å². The number of ether oxygens (including phenoxy) is 1. The number of rotatable bonds is 6. The SMILES string of the molecule is CN(CCOc1ccccc1)c1nc(-c2ccc3c(c2)CCCC3)nc2ccccc12. The fraction of sp³-hybridized carbons (Fsp3) is 0.259. The van der Waals surface area contributed by atoms with Crippen LogP contribution in [0.2, 0.25) is 0 Å². The number of hydrogen-bond acceptors (Lipinski definition) is 4. The molecule has 0 bridgehead atoms. The Morgan fingerprint density at radius 1 is 0.839 bits per heavy atom. The maximum atomic E-state index is 5.90. The monoisotopic (exact) mass is 409 g/mol. The van der Waals surface area contributed by atoms with E-state index in [-0.39, 0.29) is 0 Å². The van der Waals surface area contributed by atoms with E-state index in [0.29, 0.717) is 6.61 Å². The minimum atomic E-state index is 0.590. The number of aryl methyl sites for hydroxylation is 2. The lowest BCUT2D eigenvalue weighted by molar-refractivity contribution is 0.326. The van der Waals surface area contributed by atoms with E-state index in [9.17, 15) is 0 Å². The van der Waals surface area contributed by atoms with Crippen LogP contribution in [0.3, 0.4) is 0 Å². The van der Waals surface area contributed by atoms with E-state index in [1.54, 1.807) is 0 Å². The first-order valence-corrected chi connectivity index (χ1v) is 11.1. The van der Waals surface area contributed by atoms with Crippen molar-refractivity contribution in [2.24, 2.45) is 0 Å². The standard InChI is InChI=1S/C27H27N3O/c1-30(17-18-31-23-11-3-2-4-12-23)27-24-13-7-8-14-25(24)28-26(29-27)22-16-15-20-9-5-6-10-21(20)19-22/h2-4,7-8,11-16,19H,5-6,9-10,17-18H2,1H3. The van der Waals surface area contributed by atoms with E-state index >= 15 is 0 Å². The van der Waals surface area contributed by atoms with Gasteiger partial charge in [0.2, 0.25) is 0 Å².